The van der Waals surface area contributed by atoms with E-state index in [1.807, 2.05) is 24.3 Å². The molecule has 0 saturated carbocycles. The van der Waals surface area contributed by atoms with Gasteiger partial charge in [0.1, 0.15) is 0 Å². The fraction of sp³-hybridized carbons (Fsp3) is 0.409. The van der Waals surface area contributed by atoms with E-state index in [0.717, 1.165) is 19.5 Å². The Balaban J connectivity index is 1.87. The van der Waals surface area contributed by atoms with Crippen LogP contribution in [0.5, 0.6) is 0 Å². The Bertz CT molecular complexity index is 700. The maximum atomic E-state index is 12.8. The molecule has 0 aliphatic carbocycles. The molecule has 3 heteroatoms. The summed E-state index contributed by atoms with van der Waals surface area (Å²) in [5.74, 6) is 0.151. The minimum atomic E-state index is -0.487. The lowest BCUT2D eigenvalue weighted by Gasteiger charge is -2.31. The fourth-order valence-corrected chi connectivity index (χ4v) is 4.08. The van der Waals surface area contributed by atoms with Gasteiger partial charge in [-0.25, -0.2) is 0 Å². The molecule has 2 aromatic carbocycles. The Morgan fingerprint density at radius 3 is 2.36 bits per heavy atom. The number of rotatable bonds is 5. The summed E-state index contributed by atoms with van der Waals surface area (Å²) in [5, 5.41) is 0. The van der Waals surface area contributed by atoms with Crippen molar-refractivity contribution in [2.24, 2.45) is 11.3 Å². The van der Waals surface area contributed by atoms with Crippen LogP contribution in [-0.2, 0) is 16.0 Å². The average Bonchev–Trinajstić information content (AvgIpc) is 2.99. The molecule has 1 saturated heterocycles. The first-order valence-electron chi connectivity index (χ1n) is 8.98. The molecule has 0 radical (unpaired) electrons. The lowest BCUT2D eigenvalue weighted by molar-refractivity contribution is -0.154. The molecule has 25 heavy (non-hydrogen) atoms. The molecule has 0 N–H and O–H groups in total. The van der Waals surface area contributed by atoms with E-state index in [9.17, 15) is 4.79 Å². The van der Waals surface area contributed by atoms with E-state index in [0.29, 0.717) is 0 Å². The number of nitrogens with zero attached hydrogens (tertiary/aromatic N) is 1. The summed E-state index contributed by atoms with van der Waals surface area (Å²) in [6, 6.07) is 21.1. The van der Waals surface area contributed by atoms with Crippen LogP contribution in [-0.4, -0.2) is 31.1 Å². The molecule has 0 amide bonds. The van der Waals surface area contributed by atoms with E-state index in [2.05, 4.69) is 55.1 Å². The van der Waals surface area contributed by atoms with Crippen molar-refractivity contribution in [3.63, 3.8) is 0 Å². The van der Waals surface area contributed by atoms with E-state index in [4.69, 9.17) is 4.74 Å². The van der Waals surface area contributed by atoms with Crippen molar-refractivity contribution in [3.05, 3.63) is 71.8 Å². The Kier molecular flexibility index (Phi) is 5.24. The van der Waals surface area contributed by atoms with E-state index < -0.39 is 5.41 Å². The van der Waals surface area contributed by atoms with Crippen LogP contribution in [0.25, 0.3) is 0 Å². The molecular weight excluding hydrogens is 310 g/mol. The van der Waals surface area contributed by atoms with Crippen LogP contribution in [0.4, 0.5) is 0 Å². The number of likely N-dealkylation sites (tertiary alicyclic amines) is 1. The second-order valence-corrected chi connectivity index (χ2v) is 7.23. The van der Waals surface area contributed by atoms with Crippen LogP contribution in [0.1, 0.15) is 31.0 Å². The topological polar surface area (TPSA) is 29.5 Å². The lowest BCUT2D eigenvalue weighted by atomic mass is 9.74. The quantitative estimate of drug-likeness (QED) is 0.769. The summed E-state index contributed by atoms with van der Waals surface area (Å²) >= 11 is 0. The van der Waals surface area contributed by atoms with E-state index in [1.165, 1.54) is 18.2 Å². The zero-order valence-electron chi connectivity index (χ0n) is 15.3. The van der Waals surface area contributed by atoms with Crippen molar-refractivity contribution in [2.75, 3.05) is 20.2 Å². The zero-order chi connectivity index (χ0) is 17.9. The predicted octanol–water partition coefficient (Wildman–Crippen LogP) is 4.10. The Hall–Kier alpha value is -2.13. The highest BCUT2D eigenvalue weighted by atomic mass is 16.5. The number of methoxy groups -OCH3 is 1. The molecule has 1 fully saturated rings. The molecule has 1 aliphatic rings. The van der Waals surface area contributed by atoms with Gasteiger partial charge in [0.25, 0.3) is 0 Å². The maximum Gasteiger partial charge on any atom is 0.313 e. The molecule has 3 nitrogen and oxygen atoms in total. The highest BCUT2D eigenvalue weighted by molar-refractivity contribution is 5.78. The lowest BCUT2D eigenvalue weighted by Crippen LogP contribution is -2.41. The number of hydrogen-bond acceptors (Lipinski definition) is 3. The molecule has 0 bridgehead atoms. The van der Waals surface area contributed by atoms with Gasteiger partial charge >= 0.3 is 5.97 Å². The number of hydrogen-bond donors (Lipinski definition) is 0. The summed E-state index contributed by atoms with van der Waals surface area (Å²) < 4.78 is 5.25. The molecule has 1 heterocycles. The first-order chi connectivity index (χ1) is 12.1. The minimum absolute atomic E-state index is 0.0911. The molecule has 0 unspecified atom stereocenters. The van der Waals surface area contributed by atoms with Gasteiger partial charge in [-0.05, 0) is 30.4 Å². The van der Waals surface area contributed by atoms with Gasteiger partial charge in [-0.3, -0.25) is 9.69 Å². The smallest absolute Gasteiger partial charge is 0.313 e. The van der Waals surface area contributed by atoms with Crippen molar-refractivity contribution in [1.82, 2.24) is 4.90 Å². The second kappa shape index (κ2) is 7.40. The van der Waals surface area contributed by atoms with Crippen LogP contribution in [0.2, 0.25) is 0 Å². The van der Waals surface area contributed by atoms with Crippen LogP contribution in [0, 0.1) is 11.3 Å². The molecule has 3 atom stereocenters. The number of benzene rings is 2. The van der Waals surface area contributed by atoms with Crippen LogP contribution >= 0.6 is 0 Å². The fourth-order valence-electron chi connectivity index (χ4n) is 4.08. The number of esters is 1. The number of carbonyl (C=O) groups excluding carboxylic acids is 1. The van der Waals surface area contributed by atoms with Gasteiger partial charge in [-0.2, -0.15) is 0 Å². The van der Waals surface area contributed by atoms with E-state index >= 15 is 0 Å². The first kappa shape index (κ1) is 17.7. The standard InChI is InChI=1S/C22H27NO2/c1-17-15-23(18(2)20-12-8-5-9-13-20)16-22(17,21(24)25-3)14-19-10-6-4-7-11-19/h4-13,17-18H,14-16H2,1-3H3/t17-,18-,22-/m1/s1. The molecular formula is C22H27NO2. The second-order valence-electron chi connectivity index (χ2n) is 7.23. The van der Waals surface area contributed by atoms with Crippen molar-refractivity contribution in [3.8, 4) is 0 Å². The van der Waals surface area contributed by atoms with Gasteiger partial charge in [-0.1, -0.05) is 67.6 Å². The van der Waals surface area contributed by atoms with Gasteiger partial charge in [-0.15, -0.1) is 0 Å². The van der Waals surface area contributed by atoms with Crippen molar-refractivity contribution < 1.29 is 9.53 Å². The monoisotopic (exact) mass is 337 g/mol. The van der Waals surface area contributed by atoms with Crippen LogP contribution < -0.4 is 0 Å². The third-order valence-corrected chi connectivity index (χ3v) is 5.72. The van der Waals surface area contributed by atoms with E-state index in [-0.39, 0.29) is 17.9 Å². The highest BCUT2D eigenvalue weighted by Crippen LogP contribution is 2.43. The molecule has 132 valence electrons. The number of ether oxygens (including phenoxy) is 1. The molecule has 3 rings (SSSR count). The van der Waals surface area contributed by atoms with Crippen molar-refractivity contribution >= 4 is 5.97 Å². The summed E-state index contributed by atoms with van der Waals surface area (Å²) in [5.41, 5.74) is 1.99. The average molecular weight is 337 g/mol. The Morgan fingerprint density at radius 1 is 1.16 bits per heavy atom. The highest BCUT2D eigenvalue weighted by Gasteiger charge is 2.51. The molecule has 0 aromatic heterocycles. The van der Waals surface area contributed by atoms with Gasteiger partial charge in [0.05, 0.1) is 12.5 Å². The van der Waals surface area contributed by atoms with Crippen molar-refractivity contribution in [1.29, 1.82) is 0 Å². The zero-order valence-corrected chi connectivity index (χ0v) is 15.3. The molecule has 2 aromatic rings. The van der Waals surface area contributed by atoms with Gasteiger partial charge in [0.15, 0.2) is 0 Å². The van der Waals surface area contributed by atoms with Gasteiger partial charge in [0.2, 0.25) is 0 Å². The Labute approximate surface area is 150 Å². The minimum Gasteiger partial charge on any atom is -0.469 e. The predicted molar refractivity (Wildman–Crippen MR) is 100 cm³/mol. The maximum absolute atomic E-state index is 12.8. The normalized spacial score (nSPS) is 24.8. The third-order valence-electron chi connectivity index (χ3n) is 5.72. The van der Waals surface area contributed by atoms with Gasteiger partial charge in [0, 0.05) is 19.1 Å². The summed E-state index contributed by atoms with van der Waals surface area (Å²) in [4.78, 5) is 15.2. The summed E-state index contributed by atoms with van der Waals surface area (Å²) in [6.45, 7) is 6.03. The first-order valence-corrected chi connectivity index (χ1v) is 8.98. The van der Waals surface area contributed by atoms with Gasteiger partial charge < -0.3 is 4.74 Å². The number of carbonyl (C=O) groups is 1. The van der Waals surface area contributed by atoms with Crippen LogP contribution in [0.3, 0.4) is 0 Å². The summed E-state index contributed by atoms with van der Waals surface area (Å²) in [6.07, 6.45) is 0.722. The van der Waals surface area contributed by atoms with Crippen molar-refractivity contribution in [2.45, 2.75) is 26.3 Å². The Morgan fingerprint density at radius 2 is 1.76 bits per heavy atom. The summed E-state index contributed by atoms with van der Waals surface area (Å²) in [7, 11) is 1.51. The largest absolute Gasteiger partial charge is 0.469 e. The van der Waals surface area contributed by atoms with E-state index in [1.54, 1.807) is 0 Å². The molecule has 1 aliphatic heterocycles. The van der Waals surface area contributed by atoms with Crippen LogP contribution in [0.15, 0.2) is 60.7 Å². The molecule has 0 spiro atoms. The third kappa shape index (κ3) is 3.47. The SMILES string of the molecule is COC(=O)[C@]1(Cc2ccccc2)CN([C@H](C)c2ccccc2)C[C@H]1C.